The first-order valence-corrected chi connectivity index (χ1v) is 10.1. The third-order valence-corrected chi connectivity index (χ3v) is 5.62. The number of carbonyl (C=O) groups is 2. The first kappa shape index (κ1) is 21.8. The Bertz CT molecular complexity index is 991. The van der Waals surface area contributed by atoms with Gasteiger partial charge in [0.1, 0.15) is 11.3 Å². The molecule has 1 amide bonds. The van der Waals surface area contributed by atoms with Crippen molar-refractivity contribution in [2.24, 2.45) is 0 Å². The van der Waals surface area contributed by atoms with E-state index in [1.165, 1.54) is 7.11 Å². The summed E-state index contributed by atoms with van der Waals surface area (Å²) in [5.74, 6) is 0.00332. The Labute approximate surface area is 175 Å². The van der Waals surface area contributed by atoms with Crippen molar-refractivity contribution in [3.63, 3.8) is 0 Å². The van der Waals surface area contributed by atoms with E-state index in [4.69, 9.17) is 9.15 Å². The number of hydrogen-bond donors (Lipinski definition) is 1. The van der Waals surface area contributed by atoms with Crippen LogP contribution in [0.4, 0.5) is 0 Å². The van der Waals surface area contributed by atoms with E-state index in [0.29, 0.717) is 16.9 Å². The third-order valence-electron chi connectivity index (χ3n) is 5.62. The Balaban J connectivity index is 1.56. The van der Waals surface area contributed by atoms with Crippen LogP contribution in [0.25, 0.3) is 11.0 Å². The normalized spacial score (nSPS) is 16.3. The summed E-state index contributed by atoms with van der Waals surface area (Å²) < 4.78 is 15.8. The zero-order chi connectivity index (χ0) is 21.8. The Morgan fingerprint density at radius 2 is 1.93 bits per heavy atom. The third kappa shape index (κ3) is 4.99. The number of likely N-dealkylation sites (tertiary alicyclic amines) is 1. The van der Waals surface area contributed by atoms with E-state index in [1.54, 1.807) is 26.0 Å². The van der Waals surface area contributed by atoms with Gasteiger partial charge in [-0.1, -0.05) is 0 Å². The highest BCUT2D eigenvalue weighted by Crippen LogP contribution is 2.24. The molecule has 1 unspecified atom stereocenters. The number of piperidine rings is 1. The molecule has 2 heterocycles. The maximum absolute atomic E-state index is 12.5. The summed E-state index contributed by atoms with van der Waals surface area (Å²) >= 11 is 0. The molecular weight excluding hydrogens is 388 g/mol. The molecule has 3 rings (SSSR count). The first-order valence-electron chi connectivity index (χ1n) is 10.1. The van der Waals surface area contributed by atoms with Crippen molar-refractivity contribution in [3.8, 4) is 5.75 Å². The number of methoxy groups -OCH3 is 1. The average Bonchev–Trinajstić information content (AvgIpc) is 2.73. The van der Waals surface area contributed by atoms with Gasteiger partial charge in [0.25, 0.3) is 5.91 Å². The quantitative estimate of drug-likeness (QED) is 0.568. The zero-order valence-electron chi connectivity index (χ0n) is 17.8. The van der Waals surface area contributed by atoms with Gasteiger partial charge in [-0.3, -0.25) is 14.5 Å². The lowest BCUT2D eigenvalue weighted by molar-refractivity contribution is -0.142. The summed E-state index contributed by atoms with van der Waals surface area (Å²) in [7, 11) is 1.38. The molecular formula is C22H28N2O6. The van der Waals surface area contributed by atoms with Gasteiger partial charge in [-0.2, -0.15) is 0 Å². The second-order valence-corrected chi connectivity index (χ2v) is 7.69. The van der Waals surface area contributed by atoms with Crippen molar-refractivity contribution in [1.82, 2.24) is 10.2 Å². The van der Waals surface area contributed by atoms with E-state index in [0.717, 1.165) is 36.9 Å². The van der Waals surface area contributed by atoms with Crippen molar-refractivity contribution < 1.29 is 23.5 Å². The number of amides is 1. The number of esters is 1. The number of aryl methyl sites for hydroxylation is 1. The van der Waals surface area contributed by atoms with E-state index >= 15 is 0 Å². The monoisotopic (exact) mass is 416 g/mol. The van der Waals surface area contributed by atoms with Crippen LogP contribution in [0.2, 0.25) is 0 Å². The molecule has 0 bridgehead atoms. The first-order chi connectivity index (χ1) is 14.3. The number of carbonyl (C=O) groups excluding carboxylic acids is 2. The largest absolute Gasteiger partial charge is 0.481 e. The number of fused-ring (bicyclic) bond motifs is 1. The lowest BCUT2D eigenvalue weighted by Crippen LogP contribution is -2.48. The minimum Gasteiger partial charge on any atom is -0.481 e. The number of nitrogens with one attached hydrogen (secondary N) is 1. The highest BCUT2D eigenvalue weighted by Gasteiger charge is 2.24. The van der Waals surface area contributed by atoms with Gasteiger partial charge in [0.05, 0.1) is 13.7 Å². The van der Waals surface area contributed by atoms with Crippen LogP contribution >= 0.6 is 0 Å². The fraction of sp³-hybridized carbons (Fsp3) is 0.500. The maximum atomic E-state index is 12.5. The zero-order valence-corrected chi connectivity index (χ0v) is 17.8. The van der Waals surface area contributed by atoms with Crippen molar-refractivity contribution in [2.75, 3.05) is 26.7 Å². The molecule has 1 aromatic heterocycles. The molecule has 30 heavy (non-hydrogen) atoms. The molecule has 2 aromatic rings. The fourth-order valence-corrected chi connectivity index (χ4v) is 3.56. The smallest absolute Gasteiger partial charge is 0.339 e. The van der Waals surface area contributed by atoms with Gasteiger partial charge >= 0.3 is 11.6 Å². The van der Waals surface area contributed by atoms with Gasteiger partial charge in [0.15, 0.2) is 6.10 Å². The van der Waals surface area contributed by atoms with Gasteiger partial charge in [0.2, 0.25) is 0 Å². The molecule has 1 saturated heterocycles. The molecule has 1 N–H and O–H groups in total. The Morgan fingerprint density at radius 3 is 2.60 bits per heavy atom. The Morgan fingerprint density at radius 1 is 1.23 bits per heavy atom. The van der Waals surface area contributed by atoms with Gasteiger partial charge in [-0.05, 0) is 51.3 Å². The molecule has 0 radical (unpaired) electrons. The SMILES string of the molecule is COC(=O)CN1CCC(NC(=O)C(C)Oc2ccc3c(C)c(C)c(=O)oc3c2)CC1. The average molecular weight is 416 g/mol. The number of hydrogen-bond acceptors (Lipinski definition) is 7. The van der Waals surface area contributed by atoms with Gasteiger partial charge in [-0.25, -0.2) is 4.79 Å². The van der Waals surface area contributed by atoms with Crippen LogP contribution in [0.5, 0.6) is 5.75 Å². The van der Waals surface area contributed by atoms with Gasteiger partial charge in [0, 0.05) is 36.1 Å². The maximum Gasteiger partial charge on any atom is 0.339 e. The summed E-state index contributed by atoms with van der Waals surface area (Å²) in [6.07, 6.45) is 0.818. The number of nitrogens with zero attached hydrogens (tertiary/aromatic N) is 1. The highest BCUT2D eigenvalue weighted by molar-refractivity contribution is 5.83. The van der Waals surface area contributed by atoms with E-state index in [9.17, 15) is 14.4 Å². The molecule has 8 nitrogen and oxygen atoms in total. The van der Waals surface area contributed by atoms with Crippen LogP contribution in [0, 0.1) is 13.8 Å². The van der Waals surface area contributed by atoms with Gasteiger partial charge < -0.3 is 19.2 Å². The summed E-state index contributed by atoms with van der Waals surface area (Å²) in [5.41, 5.74) is 1.52. The van der Waals surface area contributed by atoms with Crippen LogP contribution in [0.15, 0.2) is 27.4 Å². The molecule has 0 spiro atoms. The summed E-state index contributed by atoms with van der Waals surface area (Å²) in [5, 5.41) is 3.85. The van der Waals surface area contributed by atoms with Gasteiger partial charge in [-0.15, -0.1) is 0 Å². The summed E-state index contributed by atoms with van der Waals surface area (Å²) in [4.78, 5) is 37.8. The second-order valence-electron chi connectivity index (χ2n) is 7.69. The van der Waals surface area contributed by atoms with Crippen molar-refractivity contribution in [1.29, 1.82) is 0 Å². The Hall–Kier alpha value is -2.87. The molecule has 1 fully saturated rings. The number of ether oxygens (including phenoxy) is 2. The van der Waals surface area contributed by atoms with E-state index < -0.39 is 6.10 Å². The molecule has 1 aliphatic rings. The number of benzene rings is 1. The molecule has 162 valence electrons. The van der Waals surface area contributed by atoms with Crippen LogP contribution in [-0.4, -0.2) is 55.7 Å². The topological polar surface area (TPSA) is 98.1 Å². The predicted octanol–water partition coefficient (Wildman–Crippen LogP) is 1.93. The van der Waals surface area contributed by atoms with Crippen molar-refractivity contribution in [3.05, 3.63) is 39.7 Å². The van der Waals surface area contributed by atoms with Crippen molar-refractivity contribution >= 4 is 22.8 Å². The minimum atomic E-state index is -0.700. The van der Waals surface area contributed by atoms with E-state index in [2.05, 4.69) is 10.1 Å². The van der Waals surface area contributed by atoms with Crippen LogP contribution < -0.4 is 15.7 Å². The lowest BCUT2D eigenvalue weighted by atomic mass is 10.0. The van der Waals surface area contributed by atoms with E-state index in [-0.39, 0.29) is 30.1 Å². The second kappa shape index (κ2) is 9.30. The molecule has 0 saturated carbocycles. The molecule has 0 aliphatic carbocycles. The van der Waals surface area contributed by atoms with Crippen molar-refractivity contribution in [2.45, 2.75) is 45.8 Å². The summed E-state index contributed by atoms with van der Waals surface area (Å²) in [6.45, 7) is 7.00. The highest BCUT2D eigenvalue weighted by atomic mass is 16.5. The van der Waals surface area contributed by atoms with Crippen LogP contribution in [0.3, 0.4) is 0 Å². The van der Waals surface area contributed by atoms with E-state index in [1.807, 2.05) is 17.9 Å². The Kier molecular flexibility index (Phi) is 6.77. The molecule has 8 heteroatoms. The number of rotatable bonds is 6. The molecule has 1 aliphatic heterocycles. The standard InChI is InChI=1S/C22H28N2O6/c1-13-14(2)22(27)30-19-11-17(5-6-18(13)19)29-15(3)21(26)23-16-7-9-24(10-8-16)12-20(25)28-4/h5-6,11,15-16H,7-10,12H2,1-4H3,(H,23,26). The van der Waals surface area contributed by atoms with Crippen LogP contribution in [0.1, 0.15) is 30.9 Å². The molecule has 1 atom stereocenters. The minimum absolute atomic E-state index is 0.0395. The predicted molar refractivity (Wildman–Crippen MR) is 112 cm³/mol. The molecule has 1 aromatic carbocycles. The lowest BCUT2D eigenvalue weighted by Gasteiger charge is -2.32. The summed E-state index contributed by atoms with van der Waals surface area (Å²) in [6, 6.07) is 5.28. The fourth-order valence-electron chi connectivity index (χ4n) is 3.56. The van der Waals surface area contributed by atoms with Crippen LogP contribution in [-0.2, 0) is 14.3 Å².